The van der Waals surface area contributed by atoms with Gasteiger partial charge in [0.1, 0.15) is 6.04 Å². The SMILES string of the molecule is Nc1ccc(N2CCCC2C(=O)O)cc1. The molecule has 80 valence electrons. The summed E-state index contributed by atoms with van der Waals surface area (Å²) in [5.74, 6) is -0.746. The molecule has 4 heteroatoms. The van der Waals surface area contributed by atoms with Crippen LogP contribution in [-0.4, -0.2) is 23.7 Å². The molecule has 4 nitrogen and oxygen atoms in total. The monoisotopic (exact) mass is 206 g/mol. The fourth-order valence-corrected chi connectivity index (χ4v) is 2.00. The van der Waals surface area contributed by atoms with Gasteiger partial charge in [-0.05, 0) is 37.1 Å². The first kappa shape index (κ1) is 9.83. The van der Waals surface area contributed by atoms with E-state index in [4.69, 9.17) is 10.8 Å². The van der Waals surface area contributed by atoms with Crippen molar-refractivity contribution >= 4 is 17.3 Å². The minimum atomic E-state index is -0.746. The first-order valence-electron chi connectivity index (χ1n) is 5.03. The van der Waals surface area contributed by atoms with Crippen LogP contribution in [-0.2, 0) is 4.79 Å². The Bertz CT molecular complexity index is 361. The summed E-state index contributed by atoms with van der Waals surface area (Å²) in [6.45, 7) is 0.806. The number of nitrogen functional groups attached to an aromatic ring is 1. The smallest absolute Gasteiger partial charge is 0.326 e. The van der Waals surface area contributed by atoms with Gasteiger partial charge < -0.3 is 15.7 Å². The number of nitrogens with zero attached hydrogens (tertiary/aromatic N) is 1. The van der Waals surface area contributed by atoms with Gasteiger partial charge in [-0.25, -0.2) is 4.79 Å². The van der Waals surface area contributed by atoms with E-state index in [1.807, 2.05) is 17.0 Å². The molecule has 0 spiro atoms. The lowest BCUT2D eigenvalue weighted by atomic mass is 10.2. The lowest BCUT2D eigenvalue weighted by Gasteiger charge is -2.23. The maximum Gasteiger partial charge on any atom is 0.326 e. The summed E-state index contributed by atoms with van der Waals surface area (Å²) in [6.07, 6.45) is 1.65. The van der Waals surface area contributed by atoms with E-state index in [1.165, 1.54) is 0 Å². The predicted molar refractivity (Wildman–Crippen MR) is 58.9 cm³/mol. The van der Waals surface area contributed by atoms with E-state index in [0.29, 0.717) is 5.69 Å². The Hall–Kier alpha value is -1.71. The predicted octanol–water partition coefficient (Wildman–Crippen LogP) is 1.32. The fourth-order valence-electron chi connectivity index (χ4n) is 2.00. The summed E-state index contributed by atoms with van der Waals surface area (Å²) < 4.78 is 0. The number of carboxylic acids is 1. The van der Waals surface area contributed by atoms with Gasteiger partial charge in [0.05, 0.1) is 0 Å². The molecule has 1 aliphatic heterocycles. The van der Waals surface area contributed by atoms with Gasteiger partial charge in [0.25, 0.3) is 0 Å². The van der Waals surface area contributed by atoms with Crippen molar-refractivity contribution in [3.8, 4) is 0 Å². The number of benzene rings is 1. The Kier molecular flexibility index (Phi) is 2.49. The first-order chi connectivity index (χ1) is 7.18. The van der Waals surface area contributed by atoms with Crippen LogP contribution in [0.25, 0.3) is 0 Å². The van der Waals surface area contributed by atoms with Crippen LogP contribution in [0.4, 0.5) is 11.4 Å². The molecule has 0 aliphatic carbocycles. The molecule has 1 atom stereocenters. The number of anilines is 2. The van der Waals surface area contributed by atoms with Crippen molar-refractivity contribution < 1.29 is 9.90 Å². The highest BCUT2D eigenvalue weighted by molar-refractivity contribution is 5.79. The summed E-state index contributed by atoms with van der Waals surface area (Å²) >= 11 is 0. The fraction of sp³-hybridized carbons (Fsp3) is 0.364. The third kappa shape index (κ3) is 1.88. The van der Waals surface area contributed by atoms with Crippen molar-refractivity contribution in [3.05, 3.63) is 24.3 Å². The van der Waals surface area contributed by atoms with E-state index in [1.54, 1.807) is 12.1 Å². The van der Waals surface area contributed by atoms with Gasteiger partial charge in [0, 0.05) is 17.9 Å². The second-order valence-corrected chi connectivity index (χ2v) is 3.78. The topological polar surface area (TPSA) is 66.6 Å². The summed E-state index contributed by atoms with van der Waals surface area (Å²) in [7, 11) is 0. The zero-order valence-corrected chi connectivity index (χ0v) is 8.39. The second kappa shape index (κ2) is 3.81. The van der Waals surface area contributed by atoms with Crippen molar-refractivity contribution in [1.29, 1.82) is 0 Å². The Labute approximate surface area is 88.3 Å². The molecular formula is C11H14N2O2. The number of carboxylic acid groups (broad SMARTS) is 1. The van der Waals surface area contributed by atoms with Crippen LogP contribution in [0, 0.1) is 0 Å². The average Bonchev–Trinajstić information content (AvgIpc) is 2.67. The maximum absolute atomic E-state index is 11.0. The molecule has 0 amide bonds. The molecule has 0 aromatic heterocycles. The summed E-state index contributed by atoms with van der Waals surface area (Å²) in [5.41, 5.74) is 7.22. The van der Waals surface area contributed by atoms with Crippen molar-refractivity contribution in [2.45, 2.75) is 18.9 Å². The highest BCUT2D eigenvalue weighted by atomic mass is 16.4. The van der Waals surface area contributed by atoms with Crippen LogP contribution < -0.4 is 10.6 Å². The molecule has 0 radical (unpaired) electrons. The van der Waals surface area contributed by atoms with Crippen molar-refractivity contribution in [3.63, 3.8) is 0 Å². The number of hydrogen-bond acceptors (Lipinski definition) is 3. The normalized spacial score (nSPS) is 20.5. The molecule has 1 aromatic rings. The second-order valence-electron chi connectivity index (χ2n) is 3.78. The van der Waals surface area contributed by atoms with E-state index < -0.39 is 5.97 Å². The summed E-state index contributed by atoms with van der Waals surface area (Å²) in [5, 5.41) is 9.03. The summed E-state index contributed by atoms with van der Waals surface area (Å²) in [6, 6.07) is 6.96. The molecule has 1 aliphatic rings. The maximum atomic E-state index is 11.0. The molecule has 1 heterocycles. The van der Waals surface area contributed by atoms with E-state index in [-0.39, 0.29) is 6.04 Å². The van der Waals surface area contributed by atoms with Crippen LogP contribution in [0.1, 0.15) is 12.8 Å². The standard InChI is InChI=1S/C11H14N2O2/c12-8-3-5-9(6-4-8)13-7-1-2-10(13)11(14)15/h3-6,10H,1-2,7,12H2,(H,14,15). The van der Waals surface area contributed by atoms with Crippen molar-refractivity contribution in [2.75, 3.05) is 17.2 Å². The highest BCUT2D eigenvalue weighted by Crippen LogP contribution is 2.26. The Morgan fingerprint density at radius 3 is 2.67 bits per heavy atom. The van der Waals surface area contributed by atoms with Gasteiger partial charge in [-0.2, -0.15) is 0 Å². The minimum Gasteiger partial charge on any atom is -0.480 e. The molecule has 0 bridgehead atoms. The number of carbonyl (C=O) groups is 1. The average molecular weight is 206 g/mol. The van der Waals surface area contributed by atoms with E-state index in [9.17, 15) is 4.79 Å². The van der Waals surface area contributed by atoms with E-state index in [2.05, 4.69) is 0 Å². The van der Waals surface area contributed by atoms with Gasteiger partial charge in [0.2, 0.25) is 0 Å². The first-order valence-corrected chi connectivity index (χ1v) is 5.03. The van der Waals surface area contributed by atoms with Gasteiger partial charge in [-0.3, -0.25) is 0 Å². The van der Waals surface area contributed by atoms with Gasteiger partial charge in [-0.1, -0.05) is 0 Å². The van der Waals surface area contributed by atoms with E-state index >= 15 is 0 Å². The molecule has 3 N–H and O–H groups in total. The lowest BCUT2D eigenvalue weighted by molar-refractivity contribution is -0.138. The Morgan fingerprint density at radius 1 is 1.40 bits per heavy atom. The quantitative estimate of drug-likeness (QED) is 0.716. The van der Waals surface area contributed by atoms with Crippen LogP contribution in [0.2, 0.25) is 0 Å². The van der Waals surface area contributed by atoms with Gasteiger partial charge >= 0.3 is 5.97 Å². The van der Waals surface area contributed by atoms with Gasteiger partial charge in [0.15, 0.2) is 0 Å². The van der Waals surface area contributed by atoms with Crippen LogP contribution in [0.3, 0.4) is 0 Å². The third-order valence-corrected chi connectivity index (χ3v) is 2.76. The Morgan fingerprint density at radius 2 is 2.07 bits per heavy atom. The number of nitrogens with two attached hydrogens (primary N) is 1. The molecule has 2 rings (SSSR count). The molecule has 1 saturated heterocycles. The minimum absolute atomic E-state index is 0.381. The summed E-state index contributed by atoms with van der Waals surface area (Å²) in [4.78, 5) is 12.9. The molecule has 1 aromatic carbocycles. The molecule has 1 fully saturated rings. The number of aliphatic carboxylic acids is 1. The zero-order valence-electron chi connectivity index (χ0n) is 8.39. The molecular weight excluding hydrogens is 192 g/mol. The molecule has 0 saturated carbocycles. The lowest BCUT2D eigenvalue weighted by Crippen LogP contribution is -2.35. The zero-order chi connectivity index (χ0) is 10.8. The number of rotatable bonds is 2. The molecule has 1 unspecified atom stereocenters. The van der Waals surface area contributed by atoms with Crippen LogP contribution in [0.15, 0.2) is 24.3 Å². The third-order valence-electron chi connectivity index (χ3n) is 2.76. The van der Waals surface area contributed by atoms with Crippen LogP contribution in [0.5, 0.6) is 0 Å². The van der Waals surface area contributed by atoms with E-state index in [0.717, 1.165) is 25.1 Å². The van der Waals surface area contributed by atoms with Gasteiger partial charge in [-0.15, -0.1) is 0 Å². The van der Waals surface area contributed by atoms with Crippen LogP contribution >= 0.6 is 0 Å². The van der Waals surface area contributed by atoms with Crippen molar-refractivity contribution in [2.24, 2.45) is 0 Å². The largest absolute Gasteiger partial charge is 0.480 e. The molecule has 15 heavy (non-hydrogen) atoms. The van der Waals surface area contributed by atoms with Crippen molar-refractivity contribution in [1.82, 2.24) is 0 Å². The Balaban J connectivity index is 2.22. The number of hydrogen-bond donors (Lipinski definition) is 2. The highest BCUT2D eigenvalue weighted by Gasteiger charge is 2.30.